The zero-order chi connectivity index (χ0) is 20.4. The van der Waals surface area contributed by atoms with Gasteiger partial charge in [0.1, 0.15) is 6.04 Å². The molecule has 2 unspecified atom stereocenters. The van der Waals surface area contributed by atoms with Gasteiger partial charge in [0.2, 0.25) is 11.8 Å². The van der Waals surface area contributed by atoms with Crippen molar-refractivity contribution >= 4 is 17.7 Å². The first-order chi connectivity index (χ1) is 14.0. The van der Waals surface area contributed by atoms with E-state index in [1.807, 2.05) is 48.5 Å². The number of hydrogen-bond donors (Lipinski definition) is 3. The molecule has 1 saturated heterocycles. The van der Waals surface area contributed by atoms with Gasteiger partial charge in [-0.1, -0.05) is 42.5 Å². The van der Waals surface area contributed by atoms with Crippen LogP contribution in [0.5, 0.6) is 0 Å². The molecular formula is C22H24N4O3. The third-order valence-corrected chi connectivity index (χ3v) is 5.51. The van der Waals surface area contributed by atoms with Crippen molar-refractivity contribution in [2.75, 3.05) is 6.54 Å². The van der Waals surface area contributed by atoms with E-state index in [4.69, 9.17) is 5.73 Å². The largest absolute Gasteiger partial charge is 0.323 e. The van der Waals surface area contributed by atoms with Gasteiger partial charge in [-0.25, -0.2) is 0 Å². The zero-order valence-electron chi connectivity index (χ0n) is 16.1. The van der Waals surface area contributed by atoms with Gasteiger partial charge in [0, 0.05) is 37.7 Å². The van der Waals surface area contributed by atoms with Crippen LogP contribution in [0.2, 0.25) is 0 Å². The number of nitrogens with two attached hydrogens (primary N) is 1. The van der Waals surface area contributed by atoms with Gasteiger partial charge in [-0.05, 0) is 29.2 Å². The zero-order valence-corrected chi connectivity index (χ0v) is 16.1. The van der Waals surface area contributed by atoms with Crippen molar-refractivity contribution in [2.45, 2.75) is 38.0 Å². The lowest BCUT2D eigenvalue weighted by atomic mass is 10.0. The minimum atomic E-state index is -0.585. The highest BCUT2D eigenvalue weighted by molar-refractivity contribution is 6.05. The Labute approximate surface area is 169 Å². The number of rotatable bonds is 6. The fraction of sp³-hybridized carbons (Fsp3) is 0.318. The van der Waals surface area contributed by atoms with E-state index >= 15 is 0 Å². The van der Waals surface area contributed by atoms with E-state index in [-0.39, 0.29) is 30.2 Å². The molecular weight excluding hydrogens is 368 g/mol. The molecule has 0 bridgehead atoms. The monoisotopic (exact) mass is 392 g/mol. The maximum absolute atomic E-state index is 12.9. The maximum Gasteiger partial charge on any atom is 0.255 e. The summed E-state index contributed by atoms with van der Waals surface area (Å²) < 4.78 is 0. The van der Waals surface area contributed by atoms with E-state index in [9.17, 15) is 14.4 Å². The number of carbonyl (C=O) groups is 3. The molecule has 2 aliphatic rings. The molecule has 7 nitrogen and oxygen atoms in total. The lowest BCUT2D eigenvalue weighted by Crippen LogP contribution is -2.52. The van der Waals surface area contributed by atoms with Gasteiger partial charge in [0.15, 0.2) is 0 Å². The topological polar surface area (TPSA) is 105 Å². The SMILES string of the molecule is NC(CNCc1ccc2c(c1)C(=O)N(C1CCC(=O)NC1=O)C2)c1ccccc1. The molecule has 3 amide bonds. The highest BCUT2D eigenvalue weighted by Crippen LogP contribution is 2.28. The summed E-state index contributed by atoms with van der Waals surface area (Å²) in [5.41, 5.74) is 9.80. The van der Waals surface area contributed by atoms with Crippen LogP contribution in [0.25, 0.3) is 0 Å². The Morgan fingerprint density at radius 2 is 1.93 bits per heavy atom. The van der Waals surface area contributed by atoms with E-state index in [1.165, 1.54) is 0 Å². The lowest BCUT2D eigenvalue weighted by molar-refractivity contribution is -0.136. The van der Waals surface area contributed by atoms with Crippen molar-refractivity contribution < 1.29 is 14.4 Å². The van der Waals surface area contributed by atoms with Gasteiger partial charge < -0.3 is 16.0 Å². The number of piperidine rings is 1. The third-order valence-electron chi connectivity index (χ3n) is 5.51. The Morgan fingerprint density at radius 3 is 2.69 bits per heavy atom. The van der Waals surface area contributed by atoms with Gasteiger partial charge in [-0.15, -0.1) is 0 Å². The molecule has 0 radical (unpaired) electrons. The number of carbonyl (C=O) groups excluding carboxylic acids is 3. The van der Waals surface area contributed by atoms with E-state index in [1.54, 1.807) is 4.90 Å². The average molecular weight is 392 g/mol. The fourth-order valence-electron chi connectivity index (χ4n) is 3.90. The van der Waals surface area contributed by atoms with Crippen molar-refractivity contribution in [3.63, 3.8) is 0 Å². The van der Waals surface area contributed by atoms with Crippen LogP contribution in [-0.2, 0) is 22.7 Å². The molecule has 2 aromatic rings. The predicted octanol–water partition coefficient (Wildman–Crippen LogP) is 1.24. The molecule has 2 heterocycles. The molecule has 150 valence electrons. The Morgan fingerprint density at radius 1 is 1.14 bits per heavy atom. The van der Waals surface area contributed by atoms with E-state index in [2.05, 4.69) is 10.6 Å². The van der Waals surface area contributed by atoms with E-state index < -0.39 is 6.04 Å². The summed E-state index contributed by atoms with van der Waals surface area (Å²) in [5.74, 6) is -0.825. The van der Waals surface area contributed by atoms with E-state index in [0.29, 0.717) is 31.6 Å². The minimum Gasteiger partial charge on any atom is -0.323 e. The van der Waals surface area contributed by atoms with Gasteiger partial charge in [0.25, 0.3) is 5.91 Å². The van der Waals surface area contributed by atoms with Gasteiger partial charge >= 0.3 is 0 Å². The third kappa shape index (κ3) is 4.06. The quantitative estimate of drug-likeness (QED) is 0.642. The first-order valence-corrected chi connectivity index (χ1v) is 9.80. The molecule has 29 heavy (non-hydrogen) atoms. The molecule has 2 aliphatic heterocycles. The Hall–Kier alpha value is -3.03. The van der Waals surface area contributed by atoms with Crippen LogP contribution in [0, 0.1) is 0 Å². The summed E-state index contributed by atoms with van der Waals surface area (Å²) in [6.07, 6.45) is 0.629. The molecule has 0 saturated carbocycles. The second kappa shape index (κ2) is 8.14. The predicted molar refractivity (Wildman–Crippen MR) is 108 cm³/mol. The summed E-state index contributed by atoms with van der Waals surface area (Å²) in [6, 6.07) is 15.0. The number of fused-ring (bicyclic) bond motifs is 1. The van der Waals surface area contributed by atoms with Crippen molar-refractivity contribution in [3.05, 3.63) is 70.8 Å². The first-order valence-electron chi connectivity index (χ1n) is 9.80. The standard InChI is InChI=1S/C22H24N4O3/c23-18(15-4-2-1-3-5-15)12-24-11-14-6-7-16-13-26(22(29)17(16)10-14)19-8-9-20(27)25-21(19)28/h1-7,10,18-19,24H,8-9,11-13,23H2,(H,25,27,28). The highest BCUT2D eigenvalue weighted by atomic mass is 16.2. The number of benzene rings is 2. The van der Waals surface area contributed by atoms with Crippen molar-refractivity contribution in [1.29, 1.82) is 0 Å². The maximum atomic E-state index is 12.9. The van der Waals surface area contributed by atoms with Crippen molar-refractivity contribution in [2.24, 2.45) is 5.73 Å². The molecule has 2 aromatic carbocycles. The number of hydrogen-bond acceptors (Lipinski definition) is 5. The lowest BCUT2D eigenvalue weighted by Gasteiger charge is -2.29. The normalized spacial score (nSPS) is 19.8. The van der Waals surface area contributed by atoms with Crippen LogP contribution in [0.3, 0.4) is 0 Å². The average Bonchev–Trinajstić information content (AvgIpc) is 3.04. The number of nitrogens with zero attached hydrogens (tertiary/aromatic N) is 1. The number of imide groups is 1. The highest BCUT2D eigenvalue weighted by Gasteiger charge is 2.39. The Balaban J connectivity index is 1.38. The van der Waals surface area contributed by atoms with Crippen molar-refractivity contribution in [1.82, 2.24) is 15.5 Å². The summed E-state index contributed by atoms with van der Waals surface area (Å²) in [5, 5.41) is 5.66. The van der Waals surface area contributed by atoms with Gasteiger partial charge in [-0.3, -0.25) is 19.7 Å². The van der Waals surface area contributed by atoms with Crippen LogP contribution in [0.15, 0.2) is 48.5 Å². The molecule has 4 rings (SSSR count). The van der Waals surface area contributed by atoms with Crippen LogP contribution >= 0.6 is 0 Å². The fourth-order valence-corrected chi connectivity index (χ4v) is 3.90. The minimum absolute atomic E-state index is 0.102. The first kappa shape index (κ1) is 19.3. The van der Waals surface area contributed by atoms with Crippen LogP contribution in [0.1, 0.15) is 45.9 Å². The summed E-state index contributed by atoms with van der Waals surface area (Å²) in [4.78, 5) is 37.9. The van der Waals surface area contributed by atoms with Gasteiger partial charge in [-0.2, -0.15) is 0 Å². The Bertz CT molecular complexity index is 944. The summed E-state index contributed by atoms with van der Waals surface area (Å²) >= 11 is 0. The van der Waals surface area contributed by atoms with E-state index in [0.717, 1.165) is 16.7 Å². The van der Waals surface area contributed by atoms with Crippen LogP contribution < -0.4 is 16.4 Å². The second-order valence-corrected chi connectivity index (χ2v) is 7.54. The Kier molecular flexibility index (Phi) is 5.42. The van der Waals surface area contributed by atoms with Crippen LogP contribution in [-0.4, -0.2) is 35.2 Å². The smallest absolute Gasteiger partial charge is 0.255 e. The molecule has 1 fully saturated rings. The van der Waals surface area contributed by atoms with Crippen molar-refractivity contribution in [3.8, 4) is 0 Å². The molecule has 0 aliphatic carbocycles. The number of nitrogens with one attached hydrogen (secondary N) is 2. The summed E-state index contributed by atoms with van der Waals surface area (Å²) in [6.45, 7) is 1.62. The molecule has 4 N–H and O–H groups in total. The second-order valence-electron chi connectivity index (χ2n) is 7.54. The molecule has 2 atom stereocenters. The summed E-state index contributed by atoms with van der Waals surface area (Å²) in [7, 11) is 0. The van der Waals surface area contributed by atoms with Gasteiger partial charge in [0.05, 0.1) is 0 Å². The molecule has 0 spiro atoms. The van der Waals surface area contributed by atoms with Crippen LogP contribution in [0.4, 0.5) is 0 Å². The number of amides is 3. The molecule has 7 heteroatoms. The molecule has 0 aromatic heterocycles.